The zero-order chi connectivity index (χ0) is 17.6. The molecule has 0 spiro atoms. The average molecular weight is 333 g/mol. The minimum absolute atomic E-state index is 0.00924. The van der Waals surface area contributed by atoms with E-state index in [-0.39, 0.29) is 5.41 Å². The molecule has 0 radical (unpaired) electrons. The molecule has 0 saturated heterocycles. The molecule has 0 heterocycles. The van der Waals surface area contributed by atoms with E-state index in [0.29, 0.717) is 17.4 Å². The Hall–Kier alpha value is -1.18. The van der Waals surface area contributed by atoms with Gasteiger partial charge in [-0.05, 0) is 48.3 Å². The van der Waals surface area contributed by atoms with E-state index >= 15 is 0 Å². The van der Waals surface area contributed by atoms with E-state index in [4.69, 9.17) is 0 Å². The van der Waals surface area contributed by atoms with Gasteiger partial charge in [0.1, 0.15) is 11.5 Å². The Morgan fingerprint density at radius 3 is 2.04 bits per heavy atom. The largest absolute Gasteiger partial charge is 0.508 e. The van der Waals surface area contributed by atoms with Crippen molar-refractivity contribution in [3.8, 4) is 11.5 Å². The van der Waals surface area contributed by atoms with Crippen LogP contribution in [-0.4, -0.2) is 10.2 Å². The van der Waals surface area contributed by atoms with Crippen molar-refractivity contribution >= 4 is 0 Å². The molecule has 1 aliphatic rings. The first-order chi connectivity index (χ1) is 11.5. The highest BCUT2D eigenvalue weighted by Gasteiger charge is 2.26. The second-order valence-electron chi connectivity index (χ2n) is 8.31. The summed E-state index contributed by atoms with van der Waals surface area (Å²) in [6.45, 7) is 6.67. The fourth-order valence-electron chi connectivity index (χ4n) is 4.14. The second kappa shape index (κ2) is 8.78. The van der Waals surface area contributed by atoms with E-state index in [2.05, 4.69) is 20.8 Å². The number of benzene rings is 1. The minimum Gasteiger partial charge on any atom is -0.508 e. The van der Waals surface area contributed by atoms with Crippen molar-refractivity contribution in [3.63, 3.8) is 0 Å². The molecule has 2 nitrogen and oxygen atoms in total. The Morgan fingerprint density at radius 2 is 1.50 bits per heavy atom. The quantitative estimate of drug-likeness (QED) is 0.426. The molecule has 0 unspecified atom stereocenters. The summed E-state index contributed by atoms with van der Waals surface area (Å²) in [7, 11) is 0. The molecule has 0 amide bonds. The third-order valence-electron chi connectivity index (χ3n) is 5.84. The molecule has 1 aliphatic carbocycles. The summed E-state index contributed by atoms with van der Waals surface area (Å²) in [4.78, 5) is 0. The van der Waals surface area contributed by atoms with E-state index in [0.717, 1.165) is 30.4 Å². The Balaban J connectivity index is 2.15. The SMILES string of the molecule is CCCCCCC(C)(C)c1cc(O)c(C2CCCCCC2)c(O)c1. The maximum Gasteiger partial charge on any atom is 0.123 e. The summed E-state index contributed by atoms with van der Waals surface area (Å²) >= 11 is 0. The van der Waals surface area contributed by atoms with Crippen LogP contribution in [0, 0.1) is 0 Å². The standard InChI is InChI=1S/C22H36O2/c1-4-5-6-11-14-22(2,3)18-15-19(23)21(20(24)16-18)17-12-9-7-8-10-13-17/h15-17,23-24H,4-14H2,1-3H3. The fraction of sp³-hybridized carbons (Fsp3) is 0.727. The zero-order valence-electron chi connectivity index (χ0n) is 15.9. The molecular formula is C22H36O2. The van der Waals surface area contributed by atoms with E-state index in [1.807, 2.05) is 12.1 Å². The first-order valence-corrected chi connectivity index (χ1v) is 10.0. The van der Waals surface area contributed by atoms with Crippen LogP contribution in [0.3, 0.4) is 0 Å². The first kappa shape index (κ1) is 19.1. The lowest BCUT2D eigenvalue weighted by Gasteiger charge is -2.27. The molecule has 136 valence electrons. The number of aromatic hydroxyl groups is 2. The number of rotatable bonds is 7. The molecular weight excluding hydrogens is 296 g/mol. The van der Waals surface area contributed by atoms with Crippen LogP contribution in [0.1, 0.15) is 108 Å². The summed E-state index contributed by atoms with van der Waals surface area (Å²) in [5.41, 5.74) is 1.85. The summed E-state index contributed by atoms with van der Waals surface area (Å²) in [5, 5.41) is 21.3. The van der Waals surface area contributed by atoms with Gasteiger partial charge in [0, 0.05) is 5.56 Å². The van der Waals surface area contributed by atoms with Gasteiger partial charge in [0.25, 0.3) is 0 Å². The molecule has 0 aliphatic heterocycles. The van der Waals surface area contributed by atoms with Gasteiger partial charge in [0.15, 0.2) is 0 Å². The van der Waals surface area contributed by atoms with E-state index in [1.165, 1.54) is 51.4 Å². The van der Waals surface area contributed by atoms with Crippen LogP contribution in [-0.2, 0) is 5.41 Å². The maximum atomic E-state index is 10.6. The summed E-state index contributed by atoms with van der Waals surface area (Å²) in [6, 6.07) is 3.83. The maximum absolute atomic E-state index is 10.6. The molecule has 2 N–H and O–H groups in total. The topological polar surface area (TPSA) is 40.5 Å². The molecule has 1 aromatic carbocycles. The van der Waals surface area contributed by atoms with Crippen molar-refractivity contribution in [2.75, 3.05) is 0 Å². The van der Waals surface area contributed by atoms with Crippen LogP contribution >= 0.6 is 0 Å². The predicted molar refractivity (Wildman–Crippen MR) is 102 cm³/mol. The fourth-order valence-corrected chi connectivity index (χ4v) is 4.14. The van der Waals surface area contributed by atoms with Gasteiger partial charge in [-0.25, -0.2) is 0 Å². The lowest BCUT2D eigenvalue weighted by atomic mass is 9.78. The van der Waals surface area contributed by atoms with Gasteiger partial charge < -0.3 is 10.2 Å². The number of hydrogen-bond donors (Lipinski definition) is 2. The van der Waals surface area contributed by atoms with Gasteiger partial charge in [-0.15, -0.1) is 0 Å². The van der Waals surface area contributed by atoms with Crippen molar-refractivity contribution in [2.24, 2.45) is 0 Å². The van der Waals surface area contributed by atoms with E-state index in [1.54, 1.807) is 0 Å². The van der Waals surface area contributed by atoms with Crippen LogP contribution in [0.5, 0.6) is 11.5 Å². The summed E-state index contributed by atoms with van der Waals surface area (Å²) in [6.07, 6.45) is 13.2. The van der Waals surface area contributed by atoms with Gasteiger partial charge in [0.2, 0.25) is 0 Å². The molecule has 24 heavy (non-hydrogen) atoms. The van der Waals surface area contributed by atoms with Gasteiger partial charge in [0.05, 0.1) is 0 Å². The van der Waals surface area contributed by atoms with Gasteiger partial charge in [-0.2, -0.15) is 0 Å². The van der Waals surface area contributed by atoms with Gasteiger partial charge >= 0.3 is 0 Å². The Bertz CT molecular complexity index is 488. The van der Waals surface area contributed by atoms with Crippen LogP contribution < -0.4 is 0 Å². The highest BCUT2D eigenvalue weighted by Crippen LogP contribution is 2.44. The molecule has 0 bridgehead atoms. The second-order valence-corrected chi connectivity index (χ2v) is 8.31. The Morgan fingerprint density at radius 1 is 0.917 bits per heavy atom. The lowest BCUT2D eigenvalue weighted by Crippen LogP contribution is -2.17. The smallest absolute Gasteiger partial charge is 0.123 e. The molecule has 2 heteroatoms. The molecule has 1 aromatic rings. The van der Waals surface area contributed by atoms with Crippen LogP contribution in [0.2, 0.25) is 0 Å². The molecule has 2 rings (SSSR count). The van der Waals surface area contributed by atoms with E-state index < -0.39 is 0 Å². The van der Waals surface area contributed by atoms with Crippen LogP contribution in [0.4, 0.5) is 0 Å². The van der Waals surface area contributed by atoms with Crippen molar-refractivity contribution in [2.45, 2.75) is 103 Å². The van der Waals surface area contributed by atoms with Crippen molar-refractivity contribution in [3.05, 3.63) is 23.3 Å². The molecule has 0 aromatic heterocycles. The van der Waals surface area contributed by atoms with Crippen molar-refractivity contribution in [1.82, 2.24) is 0 Å². The molecule has 0 atom stereocenters. The Kier molecular flexibility index (Phi) is 7.01. The number of phenolic OH excluding ortho intramolecular Hbond substituents is 2. The molecule has 1 saturated carbocycles. The summed E-state index contributed by atoms with van der Waals surface area (Å²) < 4.78 is 0. The van der Waals surface area contributed by atoms with Gasteiger partial charge in [-0.1, -0.05) is 72.1 Å². The third kappa shape index (κ3) is 4.91. The van der Waals surface area contributed by atoms with Crippen molar-refractivity contribution in [1.29, 1.82) is 0 Å². The number of hydrogen-bond acceptors (Lipinski definition) is 2. The monoisotopic (exact) mass is 332 g/mol. The third-order valence-corrected chi connectivity index (χ3v) is 5.84. The van der Waals surface area contributed by atoms with Crippen LogP contribution in [0.15, 0.2) is 12.1 Å². The van der Waals surface area contributed by atoms with Crippen LogP contribution in [0.25, 0.3) is 0 Å². The minimum atomic E-state index is -0.00924. The van der Waals surface area contributed by atoms with E-state index in [9.17, 15) is 10.2 Å². The highest BCUT2D eigenvalue weighted by molar-refractivity contribution is 5.50. The first-order valence-electron chi connectivity index (χ1n) is 10.0. The number of phenols is 2. The number of unbranched alkanes of at least 4 members (excludes halogenated alkanes) is 3. The lowest BCUT2D eigenvalue weighted by molar-refractivity contribution is 0.405. The highest BCUT2D eigenvalue weighted by atomic mass is 16.3. The zero-order valence-corrected chi connectivity index (χ0v) is 15.9. The Labute approximate surface area is 148 Å². The predicted octanol–water partition coefficient (Wildman–Crippen LogP) is 6.78. The van der Waals surface area contributed by atoms with Gasteiger partial charge in [-0.3, -0.25) is 0 Å². The normalized spacial score (nSPS) is 17.0. The summed E-state index contributed by atoms with van der Waals surface area (Å²) in [5.74, 6) is 0.922. The van der Waals surface area contributed by atoms with Crippen molar-refractivity contribution < 1.29 is 10.2 Å². The molecule has 1 fully saturated rings. The average Bonchev–Trinajstić information content (AvgIpc) is 2.80.